The Kier molecular flexibility index (Phi) is 6.95. The normalized spacial score (nSPS) is 17.6. The molecule has 202 valence electrons. The van der Waals surface area contributed by atoms with Crippen LogP contribution in [0, 0.1) is 0 Å². The third-order valence-corrected chi connectivity index (χ3v) is 10.3. The van der Waals surface area contributed by atoms with E-state index in [-0.39, 0.29) is 32.9 Å². The minimum absolute atomic E-state index is 0.00210. The number of rotatable bonds is 4. The summed E-state index contributed by atoms with van der Waals surface area (Å²) in [4.78, 5) is 24.8. The summed E-state index contributed by atoms with van der Waals surface area (Å²) >= 11 is 2.18. The lowest BCUT2D eigenvalue weighted by Gasteiger charge is -2.26. The maximum Gasteiger partial charge on any atom is 0.420 e. The van der Waals surface area contributed by atoms with E-state index < -0.39 is 33.2 Å². The predicted molar refractivity (Wildman–Crippen MR) is 141 cm³/mol. The highest BCUT2D eigenvalue weighted by atomic mass is 32.2. The SMILES string of the molecule is CSc1cc2c(cc1Nc1ncc(C(F)(F)F)c(-c3cc4c(s3)C(=O)N(C)CCS4(=O)=O)n1)CCN(C)C2. The minimum Gasteiger partial charge on any atom is -0.340 e. The van der Waals surface area contributed by atoms with E-state index in [4.69, 9.17) is 0 Å². The summed E-state index contributed by atoms with van der Waals surface area (Å²) in [6.07, 6.45) is -1.36. The van der Waals surface area contributed by atoms with Crippen molar-refractivity contribution in [3.05, 3.63) is 46.0 Å². The van der Waals surface area contributed by atoms with Crippen molar-refractivity contribution in [3.8, 4) is 10.6 Å². The molecule has 8 nitrogen and oxygen atoms in total. The van der Waals surface area contributed by atoms with Gasteiger partial charge in [0.05, 0.1) is 26.9 Å². The van der Waals surface area contributed by atoms with E-state index in [1.807, 2.05) is 19.4 Å². The van der Waals surface area contributed by atoms with Gasteiger partial charge in [-0.2, -0.15) is 13.2 Å². The molecule has 1 aromatic carbocycles. The van der Waals surface area contributed by atoms with E-state index in [9.17, 15) is 26.4 Å². The fourth-order valence-corrected chi connectivity index (χ4v) is 8.09. The molecule has 2 aliphatic heterocycles. The van der Waals surface area contributed by atoms with Gasteiger partial charge in [0.25, 0.3) is 5.91 Å². The van der Waals surface area contributed by atoms with Crippen LogP contribution in [-0.2, 0) is 29.0 Å². The molecule has 0 fully saturated rings. The molecular weight excluding hydrogens is 559 g/mol. The Morgan fingerprint density at radius 2 is 1.89 bits per heavy atom. The van der Waals surface area contributed by atoms with Gasteiger partial charge in [0.15, 0.2) is 9.84 Å². The number of carbonyl (C=O) groups excluding carboxylic acids is 1. The number of anilines is 2. The van der Waals surface area contributed by atoms with E-state index in [0.29, 0.717) is 23.2 Å². The number of thiophene rings is 1. The van der Waals surface area contributed by atoms with Crippen molar-refractivity contribution in [3.63, 3.8) is 0 Å². The van der Waals surface area contributed by atoms with Crippen molar-refractivity contribution in [1.29, 1.82) is 0 Å². The predicted octanol–water partition coefficient (Wildman–Crippen LogP) is 4.54. The molecule has 0 radical (unpaired) electrons. The molecule has 38 heavy (non-hydrogen) atoms. The molecule has 0 atom stereocenters. The van der Waals surface area contributed by atoms with E-state index >= 15 is 0 Å². The number of hydrogen-bond acceptors (Lipinski definition) is 9. The number of hydrogen-bond donors (Lipinski definition) is 1. The number of fused-ring (bicyclic) bond motifs is 2. The molecule has 3 aromatic rings. The second-order valence-electron chi connectivity index (χ2n) is 9.24. The number of sulfone groups is 1. The Morgan fingerprint density at radius 3 is 2.61 bits per heavy atom. The Labute approximate surface area is 226 Å². The Morgan fingerprint density at radius 1 is 1.13 bits per heavy atom. The molecule has 0 aliphatic carbocycles. The van der Waals surface area contributed by atoms with Gasteiger partial charge in [0.1, 0.15) is 10.4 Å². The van der Waals surface area contributed by atoms with Gasteiger partial charge in [-0.25, -0.2) is 18.4 Å². The number of carbonyl (C=O) groups is 1. The van der Waals surface area contributed by atoms with Crippen LogP contribution in [0.2, 0.25) is 0 Å². The molecule has 1 amide bonds. The maximum atomic E-state index is 14.0. The molecule has 4 heterocycles. The fourth-order valence-electron chi connectivity index (χ4n) is 4.47. The number of amides is 1. The minimum atomic E-state index is -4.79. The maximum absolute atomic E-state index is 14.0. The quantitative estimate of drug-likeness (QED) is 0.448. The van der Waals surface area contributed by atoms with Gasteiger partial charge in [-0.1, -0.05) is 0 Å². The number of likely N-dealkylation sites (N-methyl/N-ethyl adjacent to an activating group) is 1. The lowest BCUT2D eigenvalue weighted by molar-refractivity contribution is -0.137. The van der Waals surface area contributed by atoms with Crippen LogP contribution in [-0.4, -0.2) is 73.3 Å². The number of benzene rings is 1. The van der Waals surface area contributed by atoms with Crippen molar-refractivity contribution in [2.75, 3.05) is 44.5 Å². The fraction of sp³-hybridized carbons (Fsp3) is 0.375. The van der Waals surface area contributed by atoms with Gasteiger partial charge in [0.2, 0.25) is 5.95 Å². The van der Waals surface area contributed by atoms with E-state index in [1.54, 1.807) is 0 Å². The smallest absolute Gasteiger partial charge is 0.340 e. The first kappa shape index (κ1) is 26.9. The molecular formula is C24H24F3N5O3S3. The summed E-state index contributed by atoms with van der Waals surface area (Å²) in [5.74, 6) is -0.930. The molecule has 2 aliphatic rings. The standard InChI is InChI=1S/C24H24F3N5O3S3/c1-31-5-4-13-8-16(17(36-3)9-14(13)12-31)29-23-28-11-15(24(25,26)27)20(30-23)18-10-19-21(37-18)22(33)32(2)6-7-38(19,34)35/h8-11H,4-7,12H2,1-3H3,(H,28,29,30). The lowest BCUT2D eigenvalue weighted by Crippen LogP contribution is -2.27. The van der Waals surface area contributed by atoms with Gasteiger partial charge in [-0.3, -0.25) is 4.79 Å². The molecule has 0 saturated carbocycles. The van der Waals surface area contributed by atoms with Gasteiger partial charge in [-0.15, -0.1) is 23.1 Å². The van der Waals surface area contributed by atoms with Crippen molar-refractivity contribution >= 4 is 50.5 Å². The van der Waals surface area contributed by atoms with Crippen molar-refractivity contribution in [2.24, 2.45) is 0 Å². The topological polar surface area (TPSA) is 95.5 Å². The van der Waals surface area contributed by atoms with Gasteiger partial charge < -0.3 is 15.1 Å². The summed E-state index contributed by atoms with van der Waals surface area (Å²) in [5, 5.41) is 3.06. The van der Waals surface area contributed by atoms with Crippen LogP contribution >= 0.6 is 23.1 Å². The second-order valence-corrected chi connectivity index (χ2v) is 13.2. The van der Waals surface area contributed by atoms with Crippen LogP contribution < -0.4 is 5.32 Å². The molecule has 0 bridgehead atoms. The van der Waals surface area contributed by atoms with Crippen LogP contribution in [0.25, 0.3) is 10.6 Å². The van der Waals surface area contributed by atoms with Gasteiger partial charge >= 0.3 is 6.18 Å². The van der Waals surface area contributed by atoms with E-state index in [0.717, 1.165) is 36.0 Å². The first-order valence-corrected chi connectivity index (χ1v) is 15.3. The van der Waals surface area contributed by atoms with Crippen molar-refractivity contribution in [1.82, 2.24) is 19.8 Å². The third kappa shape index (κ3) is 5.01. The Balaban J connectivity index is 1.60. The Hall–Kier alpha value is -2.68. The summed E-state index contributed by atoms with van der Waals surface area (Å²) in [6.45, 7) is 1.71. The largest absolute Gasteiger partial charge is 0.420 e. The number of alkyl halides is 3. The third-order valence-electron chi connectivity index (χ3n) is 6.57. The molecule has 14 heteroatoms. The average Bonchev–Trinajstić information content (AvgIpc) is 3.29. The zero-order valence-corrected chi connectivity index (χ0v) is 23.2. The number of halogens is 3. The highest BCUT2D eigenvalue weighted by Crippen LogP contribution is 2.42. The summed E-state index contributed by atoms with van der Waals surface area (Å²) in [7, 11) is -0.352. The molecule has 0 saturated heterocycles. The van der Waals surface area contributed by atoms with Crippen molar-refractivity contribution < 1.29 is 26.4 Å². The average molecular weight is 584 g/mol. The summed E-state index contributed by atoms with van der Waals surface area (Å²) < 4.78 is 67.5. The van der Waals surface area contributed by atoms with E-state index in [1.165, 1.54) is 29.3 Å². The summed E-state index contributed by atoms with van der Waals surface area (Å²) in [5.41, 5.74) is 1.41. The number of nitrogens with one attached hydrogen (secondary N) is 1. The lowest BCUT2D eigenvalue weighted by atomic mass is 9.99. The second kappa shape index (κ2) is 9.81. The van der Waals surface area contributed by atoms with E-state index in [2.05, 4.69) is 26.3 Å². The Bertz CT molecular complexity index is 1540. The van der Waals surface area contributed by atoms with Crippen molar-refractivity contribution in [2.45, 2.75) is 28.9 Å². The first-order valence-electron chi connectivity index (χ1n) is 11.6. The number of thioether (sulfide) groups is 1. The molecule has 2 aromatic heterocycles. The van der Waals surface area contributed by atoms with Crippen LogP contribution in [0.3, 0.4) is 0 Å². The molecule has 1 N–H and O–H groups in total. The first-order chi connectivity index (χ1) is 17.9. The monoisotopic (exact) mass is 583 g/mol. The highest BCUT2D eigenvalue weighted by Gasteiger charge is 2.38. The molecule has 0 unspecified atom stereocenters. The van der Waals surface area contributed by atoms with Crippen LogP contribution in [0.4, 0.5) is 24.8 Å². The van der Waals surface area contributed by atoms with Crippen LogP contribution in [0.5, 0.6) is 0 Å². The highest BCUT2D eigenvalue weighted by molar-refractivity contribution is 7.98. The summed E-state index contributed by atoms with van der Waals surface area (Å²) in [6, 6.07) is 5.16. The van der Waals surface area contributed by atoms with Gasteiger partial charge in [0, 0.05) is 37.8 Å². The molecule has 5 rings (SSSR count). The van der Waals surface area contributed by atoms with Gasteiger partial charge in [-0.05, 0) is 49.1 Å². The number of aromatic nitrogens is 2. The van der Waals surface area contributed by atoms with Crippen LogP contribution in [0.15, 0.2) is 34.2 Å². The van der Waals surface area contributed by atoms with Crippen LogP contribution in [0.1, 0.15) is 26.4 Å². The molecule has 0 spiro atoms. The number of nitrogens with zero attached hydrogens (tertiary/aromatic N) is 4. The zero-order valence-electron chi connectivity index (χ0n) is 20.7. The zero-order chi connectivity index (χ0) is 27.4.